The fourth-order valence-corrected chi connectivity index (χ4v) is 5.36. The fourth-order valence-electron chi connectivity index (χ4n) is 4.54. The summed E-state index contributed by atoms with van der Waals surface area (Å²) in [5, 5.41) is 5.32. The van der Waals surface area contributed by atoms with Crippen LogP contribution < -0.4 is 11.3 Å². The molecule has 1 fully saturated rings. The van der Waals surface area contributed by atoms with Crippen molar-refractivity contribution in [1.82, 2.24) is 9.78 Å². The minimum atomic E-state index is -3.27. The van der Waals surface area contributed by atoms with E-state index in [0.29, 0.717) is 17.3 Å². The summed E-state index contributed by atoms with van der Waals surface area (Å²) in [7, 11) is -3.27. The fraction of sp³-hybridized carbons (Fsp3) is 0.333. The number of aromatic nitrogens is 2. The molecule has 1 aliphatic rings. The van der Waals surface area contributed by atoms with Crippen molar-refractivity contribution in [3.63, 3.8) is 0 Å². The number of rotatable bonds is 5. The largest absolute Gasteiger partial charge is 0.330 e. The van der Waals surface area contributed by atoms with Crippen LogP contribution in [0.15, 0.2) is 70.4 Å². The summed E-state index contributed by atoms with van der Waals surface area (Å²) in [6, 6.07) is 17.6. The van der Waals surface area contributed by atoms with Crippen LogP contribution in [0.2, 0.25) is 5.02 Å². The predicted molar refractivity (Wildman–Crippen MR) is 127 cm³/mol. The maximum Gasteiger partial charge on any atom is 0.267 e. The molecule has 2 aromatic carbocycles. The van der Waals surface area contributed by atoms with Crippen LogP contribution in [0.5, 0.6) is 0 Å². The number of hydrogen-bond donors (Lipinski definition) is 1. The van der Waals surface area contributed by atoms with Gasteiger partial charge in [-0.05, 0) is 61.6 Å². The van der Waals surface area contributed by atoms with Gasteiger partial charge in [0.2, 0.25) is 0 Å². The van der Waals surface area contributed by atoms with E-state index in [9.17, 15) is 13.2 Å². The molecule has 6 nitrogen and oxygen atoms in total. The minimum Gasteiger partial charge on any atom is -0.330 e. The molecule has 0 radical (unpaired) electrons. The second-order valence-electron chi connectivity index (χ2n) is 8.52. The third kappa shape index (κ3) is 4.51. The molecule has 3 aromatic rings. The lowest BCUT2D eigenvalue weighted by atomic mass is 9.68. The molecule has 0 amide bonds. The van der Waals surface area contributed by atoms with Crippen molar-refractivity contribution >= 4 is 21.4 Å². The van der Waals surface area contributed by atoms with Crippen molar-refractivity contribution in [2.75, 3.05) is 12.8 Å². The maximum absolute atomic E-state index is 12.6. The topological polar surface area (TPSA) is 95.0 Å². The highest BCUT2D eigenvalue weighted by Crippen LogP contribution is 2.42. The van der Waals surface area contributed by atoms with Gasteiger partial charge in [-0.2, -0.15) is 5.10 Å². The van der Waals surface area contributed by atoms with E-state index in [1.54, 1.807) is 35.0 Å². The van der Waals surface area contributed by atoms with E-state index in [1.165, 1.54) is 12.3 Å². The molecule has 8 heteroatoms. The van der Waals surface area contributed by atoms with Crippen molar-refractivity contribution in [2.24, 2.45) is 5.73 Å². The monoisotopic (exact) mass is 471 g/mol. The molecule has 1 aliphatic carbocycles. The maximum atomic E-state index is 12.6. The van der Waals surface area contributed by atoms with Gasteiger partial charge >= 0.3 is 0 Å². The molecule has 0 bridgehead atoms. The molecule has 1 aromatic heterocycles. The van der Waals surface area contributed by atoms with Crippen molar-refractivity contribution in [3.8, 4) is 11.3 Å². The molecule has 1 saturated carbocycles. The normalized spacial score (nSPS) is 21.4. The number of nitrogens with zero attached hydrogens (tertiary/aromatic N) is 2. The molecule has 4 rings (SSSR count). The molecular weight excluding hydrogens is 446 g/mol. The Labute approximate surface area is 193 Å². The van der Waals surface area contributed by atoms with Gasteiger partial charge in [-0.15, -0.1) is 0 Å². The van der Waals surface area contributed by atoms with E-state index < -0.39 is 9.84 Å². The van der Waals surface area contributed by atoms with Gasteiger partial charge in [0.25, 0.3) is 5.56 Å². The average Bonchev–Trinajstić information content (AvgIpc) is 2.79. The van der Waals surface area contributed by atoms with Gasteiger partial charge in [0.05, 0.1) is 16.6 Å². The van der Waals surface area contributed by atoms with Crippen LogP contribution in [0.3, 0.4) is 0 Å². The summed E-state index contributed by atoms with van der Waals surface area (Å²) in [5.41, 5.74) is 8.45. The number of sulfone groups is 1. The molecule has 168 valence electrons. The first-order valence-corrected chi connectivity index (χ1v) is 12.9. The summed E-state index contributed by atoms with van der Waals surface area (Å²) < 4.78 is 25.0. The lowest BCUT2D eigenvalue weighted by Gasteiger charge is -2.40. The van der Waals surface area contributed by atoms with Crippen LogP contribution in [-0.2, 0) is 15.3 Å². The molecule has 0 spiro atoms. The van der Waals surface area contributed by atoms with Gasteiger partial charge in [0.15, 0.2) is 9.84 Å². The number of hydrogen-bond acceptors (Lipinski definition) is 5. The van der Waals surface area contributed by atoms with Crippen LogP contribution in [0.25, 0.3) is 11.3 Å². The van der Waals surface area contributed by atoms with E-state index in [-0.39, 0.29) is 21.9 Å². The molecule has 1 heterocycles. The van der Waals surface area contributed by atoms with E-state index in [0.717, 1.165) is 36.8 Å². The standard InChI is InChI=1S/C24H26ClN3O3S/c1-32(30,31)21-7-5-17(6-8-21)22-9-10-23(29)28(27-22)20-11-13-24(16-26,14-12-20)18-3-2-4-19(25)15-18/h2-10,15,20H,11-14,16,26H2,1H3. The Bertz CT molecular complexity index is 1280. The van der Waals surface area contributed by atoms with Crippen molar-refractivity contribution in [1.29, 1.82) is 0 Å². The molecule has 0 aliphatic heterocycles. The predicted octanol–water partition coefficient (Wildman–Crippen LogP) is 3.98. The zero-order chi connectivity index (χ0) is 22.9. The van der Waals surface area contributed by atoms with E-state index in [1.807, 2.05) is 18.2 Å². The molecular formula is C24H26ClN3O3S. The van der Waals surface area contributed by atoms with Crippen LogP contribution in [0.4, 0.5) is 0 Å². The lowest BCUT2D eigenvalue weighted by molar-refractivity contribution is 0.222. The van der Waals surface area contributed by atoms with E-state index in [2.05, 4.69) is 11.2 Å². The van der Waals surface area contributed by atoms with Gasteiger partial charge in [0, 0.05) is 34.9 Å². The molecule has 0 unspecified atom stereocenters. The summed E-state index contributed by atoms with van der Waals surface area (Å²) in [5.74, 6) is 0. The highest BCUT2D eigenvalue weighted by Gasteiger charge is 2.37. The zero-order valence-corrected chi connectivity index (χ0v) is 19.4. The van der Waals surface area contributed by atoms with Crippen LogP contribution in [-0.4, -0.2) is 31.0 Å². The lowest BCUT2D eigenvalue weighted by Crippen LogP contribution is -2.41. The van der Waals surface area contributed by atoms with E-state index >= 15 is 0 Å². The highest BCUT2D eigenvalue weighted by molar-refractivity contribution is 7.90. The van der Waals surface area contributed by atoms with Crippen molar-refractivity contribution in [3.05, 3.63) is 81.6 Å². The Morgan fingerprint density at radius 1 is 1.09 bits per heavy atom. The van der Waals surface area contributed by atoms with Crippen LogP contribution >= 0.6 is 11.6 Å². The second kappa shape index (κ2) is 8.81. The second-order valence-corrected chi connectivity index (χ2v) is 11.0. The molecule has 32 heavy (non-hydrogen) atoms. The summed E-state index contributed by atoms with van der Waals surface area (Å²) in [6.07, 6.45) is 4.43. The van der Waals surface area contributed by atoms with Crippen LogP contribution in [0, 0.1) is 0 Å². The molecule has 0 atom stereocenters. The van der Waals surface area contributed by atoms with Gasteiger partial charge in [-0.1, -0.05) is 35.9 Å². The summed E-state index contributed by atoms with van der Waals surface area (Å²) >= 11 is 6.21. The van der Waals surface area contributed by atoms with Gasteiger partial charge in [-0.3, -0.25) is 4.79 Å². The number of benzene rings is 2. The quantitative estimate of drug-likeness (QED) is 0.607. The Kier molecular flexibility index (Phi) is 6.25. The van der Waals surface area contributed by atoms with Gasteiger partial charge in [-0.25, -0.2) is 13.1 Å². The highest BCUT2D eigenvalue weighted by atomic mass is 35.5. The zero-order valence-electron chi connectivity index (χ0n) is 17.9. The van der Waals surface area contributed by atoms with Gasteiger partial charge < -0.3 is 5.73 Å². The number of halogens is 1. The molecule has 0 saturated heterocycles. The average molecular weight is 472 g/mol. The van der Waals surface area contributed by atoms with Crippen LogP contribution in [0.1, 0.15) is 37.3 Å². The third-order valence-electron chi connectivity index (χ3n) is 6.49. The first-order chi connectivity index (χ1) is 15.2. The van der Waals surface area contributed by atoms with Gasteiger partial charge in [0.1, 0.15) is 0 Å². The Morgan fingerprint density at radius 2 is 1.78 bits per heavy atom. The SMILES string of the molecule is CS(=O)(=O)c1ccc(-c2ccc(=O)n(C3CCC(CN)(c4cccc(Cl)c4)CC3)n2)cc1. The summed E-state index contributed by atoms with van der Waals surface area (Å²) in [6.45, 7) is 0.523. The number of nitrogens with two attached hydrogens (primary N) is 1. The summed E-state index contributed by atoms with van der Waals surface area (Å²) in [4.78, 5) is 12.9. The minimum absolute atomic E-state index is 0.0170. The van der Waals surface area contributed by atoms with Crippen molar-refractivity contribution in [2.45, 2.75) is 42.0 Å². The first-order valence-electron chi connectivity index (χ1n) is 10.6. The van der Waals surface area contributed by atoms with Crippen molar-refractivity contribution < 1.29 is 8.42 Å². The first kappa shape index (κ1) is 22.7. The Balaban J connectivity index is 1.58. The Hall–Kier alpha value is -2.48. The van der Waals surface area contributed by atoms with E-state index in [4.69, 9.17) is 17.3 Å². The smallest absolute Gasteiger partial charge is 0.267 e. The molecule has 2 N–H and O–H groups in total. The Morgan fingerprint density at radius 3 is 2.38 bits per heavy atom. The third-order valence-corrected chi connectivity index (χ3v) is 7.85.